The van der Waals surface area contributed by atoms with Crippen molar-refractivity contribution in [1.82, 2.24) is 0 Å². The van der Waals surface area contributed by atoms with Crippen LogP contribution in [0.2, 0.25) is 0 Å². The van der Waals surface area contributed by atoms with Crippen LogP contribution in [-0.2, 0) is 4.74 Å². The van der Waals surface area contributed by atoms with Crippen LogP contribution >= 0.6 is 15.9 Å². The Morgan fingerprint density at radius 1 is 1.06 bits per heavy atom. The number of ether oxygens (including phenoxy) is 3. The van der Waals surface area contributed by atoms with E-state index in [4.69, 9.17) is 14.2 Å². The van der Waals surface area contributed by atoms with Crippen LogP contribution < -0.4 is 9.47 Å². The summed E-state index contributed by atoms with van der Waals surface area (Å²) in [7, 11) is 1.69. The summed E-state index contributed by atoms with van der Waals surface area (Å²) >= 11 is 3.31. The molecule has 0 N–H and O–H groups in total. The molecule has 0 unspecified atom stereocenters. The van der Waals surface area contributed by atoms with Gasteiger partial charge in [0.15, 0.2) is 0 Å². The molecule has 0 saturated carbocycles. The zero-order valence-corrected chi connectivity index (χ0v) is 11.0. The average Bonchev–Trinajstić information content (AvgIpc) is 2.33. The van der Waals surface area contributed by atoms with Gasteiger partial charge in [-0.25, -0.2) is 0 Å². The Balaban J connectivity index is 2.35. The monoisotopic (exact) mass is 288 g/mol. The van der Waals surface area contributed by atoms with Crippen molar-refractivity contribution in [3.8, 4) is 11.5 Å². The van der Waals surface area contributed by atoms with E-state index in [9.17, 15) is 0 Å². The van der Waals surface area contributed by atoms with E-state index >= 15 is 0 Å². The maximum absolute atomic E-state index is 5.56. The fourth-order valence-corrected chi connectivity index (χ4v) is 1.37. The average molecular weight is 289 g/mol. The molecular weight excluding hydrogens is 272 g/mol. The fraction of sp³-hybridized carbons (Fsp3) is 0.500. The lowest BCUT2D eigenvalue weighted by molar-refractivity contribution is 0.172. The van der Waals surface area contributed by atoms with E-state index in [-0.39, 0.29) is 0 Å². The lowest BCUT2D eigenvalue weighted by atomic mass is 10.3. The van der Waals surface area contributed by atoms with E-state index in [2.05, 4.69) is 15.9 Å². The molecule has 0 radical (unpaired) electrons. The highest BCUT2D eigenvalue weighted by Gasteiger charge is 1.97. The first-order chi connectivity index (χ1) is 7.86. The summed E-state index contributed by atoms with van der Waals surface area (Å²) in [6, 6.07) is 7.67. The van der Waals surface area contributed by atoms with E-state index in [0.717, 1.165) is 29.9 Å². The van der Waals surface area contributed by atoms with Crippen molar-refractivity contribution < 1.29 is 14.2 Å². The van der Waals surface area contributed by atoms with Gasteiger partial charge >= 0.3 is 0 Å². The second kappa shape index (κ2) is 8.42. The zero-order chi connectivity index (χ0) is 11.6. The molecule has 90 valence electrons. The number of rotatable bonds is 8. The quantitative estimate of drug-likeness (QED) is 0.544. The molecule has 0 saturated heterocycles. The van der Waals surface area contributed by atoms with Gasteiger partial charge in [0.05, 0.1) is 13.2 Å². The Hall–Kier alpha value is -0.740. The van der Waals surface area contributed by atoms with Crippen LogP contribution in [0.1, 0.15) is 6.42 Å². The third-order valence-electron chi connectivity index (χ3n) is 1.91. The number of alkyl halides is 1. The topological polar surface area (TPSA) is 27.7 Å². The van der Waals surface area contributed by atoms with Crippen LogP contribution in [0.5, 0.6) is 11.5 Å². The molecule has 0 atom stereocenters. The summed E-state index contributed by atoms with van der Waals surface area (Å²) in [4.78, 5) is 0. The molecule has 0 fully saturated rings. The van der Waals surface area contributed by atoms with Crippen LogP contribution in [0.4, 0.5) is 0 Å². The second-order valence-electron chi connectivity index (χ2n) is 3.21. The van der Waals surface area contributed by atoms with Crippen molar-refractivity contribution in [2.45, 2.75) is 6.42 Å². The number of methoxy groups -OCH3 is 1. The van der Waals surface area contributed by atoms with Gasteiger partial charge in [-0.1, -0.05) is 22.0 Å². The number of benzene rings is 1. The molecular formula is C12H17BrO3. The van der Waals surface area contributed by atoms with E-state index in [1.807, 2.05) is 24.3 Å². The van der Waals surface area contributed by atoms with Gasteiger partial charge in [0.1, 0.15) is 11.5 Å². The summed E-state index contributed by atoms with van der Waals surface area (Å²) in [6.07, 6.45) is 0.892. The van der Waals surface area contributed by atoms with E-state index < -0.39 is 0 Å². The largest absolute Gasteiger partial charge is 0.493 e. The highest BCUT2D eigenvalue weighted by atomic mass is 79.9. The van der Waals surface area contributed by atoms with Crippen molar-refractivity contribution >= 4 is 15.9 Å². The Morgan fingerprint density at radius 2 is 1.75 bits per heavy atom. The van der Waals surface area contributed by atoms with Gasteiger partial charge in [-0.2, -0.15) is 0 Å². The minimum absolute atomic E-state index is 0.660. The summed E-state index contributed by atoms with van der Waals surface area (Å²) in [5, 5.41) is 0.825. The molecule has 0 amide bonds. The highest BCUT2D eigenvalue weighted by Crippen LogP contribution is 2.19. The maximum atomic E-state index is 5.56. The maximum Gasteiger partial charge on any atom is 0.123 e. The van der Waals surface area contributed by atoms with Crippen molar-refractivity contribution in [2.75, 3.05) is 32.3 Å². The molecule has 4 heteroatoms. The zero-order valence-electron chi connectivity index (χ0n) is 9.45. The van der Waals surface area contributed by atoms with Gasteiger partial charge in [-0.3, -0.25) is 0 Å². The Labute approximate surface area is 105 Å². The van der Waals surface area contributed by atoms with E-state index in [1.165, 1.54) is 0 Å². The molecule has 0 aliphatic rings. The minimum Gasteiger partial charge on any atom is -0.493 e. The molecule has 3 nitrogen and oxygen atoms in total. The minimum atomic E-state index is 0.660. The molecule has 1 aromatic rings. The van der Waals surface area contributed by atoms with Gasteiger partial charge in [-0.15, -0.1) is 0 Å². The Morgan fingerprint density at radius 3 is 2.38 bits per heavy atom. The lowest BCUT2D eigenvalue weighted by Crippen LogP contribution is -2.02. The third kappa shape index (κ3) is 5.37. The molecule has 0 spiro atoms. The number of hydrogen-bond donors (Lipinski definition) is 0. The first-order valence-corrected chi connectivity index (χ1v) is 6.39. The summed E-state index contributed by atoms with van der Waals surface area (Å²) in [5.74, 6) is 1.67. The smallest absolute Gasteiger partial charge is 0.123 e. The molecule has 0 aromatic heterocycles. The van der Waals surface area contributed by atoms with Crippen LogP contribution in [0.25, 0.3) is 0 Å². The van der Waals surface area contributed by atoms with Crippen molar-refractivity contribution in [3.63, 3.8) is 0 Å². The Bertz CT molecular complexity index is 291. The molecule has 0 aliphatic heterocycles. The first kappa shape index (κ1) is 13.3. The fourth-order valence-electron chi connectivity index (χ4n) is 1.20. The van der Waals surface area contributed by atoms with Gasteiger partial charge in [0, 0.05) is 31.5 Å². The predicted molar refractivity (Wildman–Crippen MR) is 67.7 cm³/mol. The van der Waals surface area contributed by atoms with Crippen molar-refractivity contribution in [2.24, 2.45) is 0 Å². The molecule has 16 heavy (non-hydrogen) atoms. The van der Waals surface area contributed by atoms with Gasteiger partial charge in [0.2, 0.25) is 0 Å². The van der Waals surface area contributed by atoms with Crippen LogP contribution in [0.3, 0.4) is 0 Å². The summed E-state index contributed by atoms with van der Waals surface area (Å²) in [5.41, 5.74) is 0. The molecule has 1 aromatic carbocycles. The van der Waals surface area contributed by atoms with Gasteiger partial charge < -0.3 is 14.2 Å². The van der Waals surface area contributed by atoms with Crippen molar-refractivity contribution in [3.05, 3.63) is 24.3 Å². The SMILES string of the molecule is COCCCOc1cccc(OCCBr)c1. The van der Waals surface area contributed by atoms with Crippen molar-refractivity contribution in [1.29, 1.82) is 0 Å². The molecule has 1 rings (SSSR count). The van der Waals surface area contributed by atoms with Gasteiger partial charge in [-0.05, 0) is 12.1 Å². The number of halogens is 1. The normalized spacial score (nSPS) is 10.1. The van der Waals surface area contributed by atoms with E-state index in [0.29, 0.717) is 13.2 Å². The Kier molecular flexibility index (Phi) is 7.01. The summed E-state index contributed by atoms with van der Waals surface area (Å²) in [6.45, 7) is 2.04. The van der Waals surface area contributed by atoms with Crippen LogP contribution in [0.15, 0.2) is 24.3 Å². The second-order valence-corrected chi connectivity index (χ2v) is 4.00. The highest BCUT2D eigenvalue weighted by molar-refractivity contribution is 9.09. The third-order valence-corrected chi connectivity index (χ3v) is 2.24. The van der Waals surface area contributed by atoms with E-state index in [1.54, 1.807) is 7.11 Å². The van der Waals surface area contributed by atoms with Crippen LogP contribution in [-0.4, -0.2) is 32.3 Å². The summed E-state index contributed by atoms with van der Waals surface area (Å²) < 4.78 is 16.0. The number of hydrogen-bond acceptors (Lipinski definition) is 3. The molecule has 0 aliphatic carbocycles. The van der Waals surface area contributed by atoms with Gasteiger partial charge in [0.25, 0.3) is 0 Å². The van der Waals surface area contributed by atoms with Crippen LogP contribution in [0, 0.1) is 0 Å². The standard InChI is InChI=1S/C12H17BrO3/c1-14-7-3-8-15-11-4-2-5-12(10-11)16-9-6-13/h2,4-5,10H,3,6-9H2,1H3. The molecule has 0 bridgehead atoms. The first-order valence-electron chi connectivity index (χ1n) is 5.27. The predicted octanol–water partition coefficient (Wildman–Crippen LogP) is 2.88. The lowest BCUT2D eigenvalue weighted by Gasteiger charge is -2.08. The molecule has 0 heterocycles.